The van der Waals surface area contributed by atoms with E-state index in [1.54, 1.807) is 18.3 Å². The summed E-state index contributed by atoms with van der Waals surface area (Å²) in [5.74, 6) is 1.51. The quantitative estimate of drug-likeness (QED) is 0.840. The molecule has 2 aromatic rings. The third-order valence-electron chi connectivity index (χ3n) is 2.75. The van der Waals surface area contributed by atoms with Crippen molar-refractivity contribution in [1.82, 2.24) is 4.98 Å². The fraction of sp³-hybridized carbons (Fsp3) is 0.200. The van der Waals surface area contributed by atoms with Gasteiger partial charge in [-0.25, -0.2) is 4.98 Å². The zero-order valence-corrected chi connectivity index (χ0v) is 11.0. The van der Waals surface area contributed by atoms with Crippen LogP contribution in [0.4, 0.5) is 11.5 Å². The molecule has 0 spiro atoms. The van der Waals surface area contributed by atoms with Crippen LogP contribution in [0.2, 0.25) is 0 Å². The third kappa shape index (κ3) is 2.83. The number of benzene rings is 1. The Balaban J connectivity index is 2.32. The van der Waals surface area contributed by atoms with E-state index in [1.807, 2.05) is 43.1 Å². The van der Waals surface area contributed by atoms with Crippen LogP contribution in [-0.4, -0.2) is 18.6 Å². The Morgan fingerprint density at radius 3 is 2.63 bits per heavy atom. The lowest BCUT2D eigenvalue weighted by molar-refractivity contribution is 0.340. The minimum Gasteiger partial charge on any atom is -0.490 e. The lowest BCUT2D eigenvalue weighted by Crippen LogP contribution is -2.12. The van der Waals surface area contributed by atoms with Crippen molar-refractivity contribution in [1.29, 1.82) is 5.26 Å². The van der Waals surface area contributed by atoms with Crippen molar-refractivity contribution in [2.45, 2.75) is 6.92 Å². The molecule has 0 bridgehead atoms. The van der Waals surface area contributed by atoms with Crippen LogP contribution in [0.3, 0.4) is 0 Å². The van der Waals surface area contributed by atoms with Crippen molar-refractivity contribution in [3.63, 3.8) is 0 Å². The van der Waals surface area contributed by atoms with Crippen LogP contribution in [0.15, 0.2) is 42.6 Å². The molecule has 0 N–H and O–H groups in total. The highest BCUT2D eigenvalue weighted by Gasteiger charge is 2.11. The summed E-state index contributed by atoms with van der Waals surface area (Å²) in [5.41, 5.74) is 1.60. The fourth-order valence-corrected chi connectivity index (χ4v) is 1.78. The van der Waals surface area contributed by atoms with E-state index in [1.165, 1.54) is 0 Å². The number of nitrogens with zero attached hydrogens (tertiary/aromatic N) is 3. The van der Waals surface area contributed by atoms with Crippen LogP contribution >= 0.6 is 0 Å². The van der Waals surface area contributed by atoms with Crippen LogP contribution in [0.25, 0.3) is 0 Å². The number of ether oxygens (including phenoxy) is 1. The first kappa shape index (κ1) is 12.9. The fourth-order valence-electron chi connectivity index (χ4n) is 1.78. The molecular formula is C15H15N3O. The molecule has 1 aromatic heterocycles. The summed E-state index contributed by atoms with van der Waals surface area (Å²) >= 11 is 0. The van der Waals surface area contributed by atoms with Gasteiger partial charge in [0.05, 0.1) is 18.2 Å². The first-order valence-electron chi connectivity index (χ1n) is 6.08. The number of rotatable bonds is 4. The van der Waals surface area contributed by atoms with E-state index in [4.69, 9.17) is 10.00 Å². The van der Waals surface area contributed by atoms with Gasteiger partial charge in [0.1, 0.15) is 0 Å². The van der Waals surface area contributed by atoms with Gasteiger partial charge in [0.15, 0.2) is 11.6 Å². The number of hydrogen-bond acceptors (Lipinski definition) is 4. The molecule has 0 saturated carbocycles. The lowest BCUT2D eigenvalue weighted by Gasteiger charge is -2.20. The summed E-state index contributed by atoms with van der Waals surface area (Å²) in [6.45, 7) is 2.54. The van der Waals surface area contributed by atoms with Crippen LogP contribution in [0, 0.1) is 11.3 Å². The minimum atomic E-state index is 0.597. The maximum Gasteiger partial charge on any atom is 0.175 e. The van der Waals surface area contributed by atoms with Crippen molar-refractivity contribution in [3.8, 4) is 11.8 Å². The summed E-state index contributed by atoms with van der Waals surface area (Å²) in [6, 6.07) is 13.2. The molecule has 0 amide bonds. The van der Waals surface area contributed by atoms with Gasteiger partial charge in [-0.1, -0.05) is 0 Å². The predicted octanol–water partition coefficient (Wildman–Crippen LogP) is 3.12. The summed E-state index contributed by atoms with van der Waals surface area (Å²) in [7, 11) is 1.92. The van der Waals surface area contributed by atoms with E-state index in [9.17, 15) is 0 Å². The van der Waals surface area contributed by atoms with Crippen molar-refractivity contribution < 1.29 is 4.74 Å². The molecule has 1 aromatic carbocycles. The van der Waals surface area contributed by atoms with Gasteiger partial charge < -0.3 is 9.64 Å². The van der Waals surface area contributed by atoms with Gasteiger partial charge >= 0.3 is 0 Å². The zero-order valence-electron chi connectivity index (χ0n) is 11.0. The number of pyridine rings is 1. The van der Waals surface area contributed by atoms with Crippen molar-refractivity contribution in [3.05, 3.63) is 48.2 Å². The molecular weight excluding hydrogens is 238 g/mol. The van der Waals surface area contributed by atoms with Gasteiger partial charge in [-0.2, -0.15) is 5.26 Å². The molecule has 2 rings (SSSR count). The first-order chi connectivity index (χ1) is 9.26. The number of hydrogen-bond donors (Lipinski definition) is 0. The van der Waals surface area contributed by atoms with Gasteiger partial charge in [-0.15, -0.1) is 0 Å². The van der Waals surface area contributed by atoms with E-state index in [2.05, 4.69) is 11.1 Å². The topological polar surface area (TPSA) is 49.1 Å². The summed E-state index contributed by atoms with van der Waals surface area (Å²) in [4.78, 5) is 6.29. The average Bonchev–Trinajstić information content (AvgIpc) is 2.47. The van der Waals surface area contributed by atoms with Gasteiger partial charge in [-0.05, 0) is 43.3 Å². The molecule has 19 heavy (non-hydrogen) atoms. The van der Waals surface area contributed by atoms with Crippen LogP contribution in [0.1, 0.15) is 12.5 Å². The average molecular weight is 253 g/mol. The highest BCUT2D eigenvalue weighted by molar-refractivity contribution is 5.65. The van der Waals surface area contributed by atoms with Gasteiger partial charge in [0.2, 0.25) is 0 Å². The molecule has 96 valence electrons. The Morgan fingerprint density at radius 1 is 1.26 bits per heavy atom. The van der Waals surface area contributed by atoms with Crippen molar-refractivity contribution in [2.75, 3.05) is 18.6 Å². The van der Waals surface area contributed by atoms with E-state index < -0.39 is 0 Å². The Hall–Kier alpha value is -2.54. The van der Waals surface area contributed by atoms with Gasteiger partial charge in [0.25, 0.3) is 0 Å². The second-order valence-corrected chi connectivity index (χ2v) is 3.98. The van der Waals surface area contributed by atoms with E-state index >= 15 is 0 Å². The molecule has 0 radical (unpaired) electrons. The highest BCUT2D eigenvalue weighted by Crippen LogP contribution is 2.30. The second-order valence-electron chi connectivity index (χ2n) is 3.98. The van der Waals surface area contributed by atoms with Gasteiger partial charge in [-0.3, -0.25) is 0 Å². The highest BCUT2D eigenvalue weighted by atomic mass is 16.5. The molecule has 1 heterocycles. The molecule has 0 aliphatic carbocycles. The lowest BCUT2D eigenvalue weighted by atomic mass is 10.2. The maximum absolute atomic E-state index is 8.80. The van der Waals surface area contributed by atoms with Gasteiger partial charge in [0, 0.05) is 18.9 Å². The van der Waals surface area contributed by atoms with E-state index in [0.29, 0.717) is 12.2 Å². The normalized spacial score (nSPS) is 9.74. The number of aromatic nitrogens is 1. The molecule has 4 nitrogen and oxygen atoms in total. The SMILES string of the molecule is CCOc1cccnc1N(C)c1ccc(C#N)cc1. The zero-order chi connectivity index (χ0) is 13.7. The minimum absolute atomic E-state index is 0.597. The van der Waals surface area contributed by atoms with Crippen LogP contribution < -0.4 is 9.64 Å². The van der Waals surface area contributed by atoms with Crippen LogP contribution in [-0.2, 0) is 0 Å². The van der Waals surface area contributed by atoms with E-state index in [0.717, 1.165) is 17.3 Å². The largest absolute Gasteiger partial charge is 0.490 e. The summed E-state index contributed by atoms with van der Waals surface area (Å²) in [6.07, 6.45) is 1.73. The predicted molar refractivity (Wildman–Crippen MR) is 74.6 cm³/mol. The molecule has 0 atom stereocenters. The Morgan fingerprint density at radius 2 is 2.00 bits per heavy atom. The van der Waals surface area contributed by atoms with E-state index in [-0.39, 0.29) is 0 Å². The Bertz CT molecular complexity index is 587. The first-order valence-corrected chi connectivity index (χ1v) is 6.08. The molecule has 0 saturated heterocycles. The molecule has 0 unspecified atom stereocenters. The number of anilines is 2. The maximum atomic E-state index is 8.80. The molecule has 0 aliphatic rings. The van der Waals surface area contributed by atoms with Crippen LogP contribution in [0.5, 0.6) is 5.75 Å². The monoisotopic (exact) mass is 253 g/mol. The van der Waals surface area contributed by atoms with Crippen molar-refractivity contribution >= 4 is 11.5 Å². The smallest absolute Gasteiger partial charge is 0.175 e. The Labute approximate surface area is 112 Å². The summed E-state index contributed by atoms with van der Waals surface area (Å²) in [5, 5.41) is 8.80. The molecule has 0 aliphatic heterocycles. The molecule has 4 heteroatoms. The Kier molecular flexibility index (Phi) is 3.99. The standard InChI is InChI=1S/C15H15N3O/c1-3-19-14-5-4-10-17-15(14)18(2)13-8-6-12(11-16)7-9-13/h4-10H,3H2,1-2H3. The summed E-state index contributed by atoms with van der Waals surface area (Å²) < 4.78 is 5.57. The third-order valence-corrected chi connectivity index (χ3v) is 2.75. The number of nitriles is 1. The second kappa shape index (κ2) is 5.87. The molecule has 0 fully saturated rings. The van der Waals surface area contributed by atoms with Crippen molar-refractivity contribution in [2.24, 2.45) is 0 Å².